The van der Waals surface area contributed by atoms with E-state index in [2.05, 4.69) is 36.3 Å². The van der Waals surface area contributed by atoms with Gasteiger partial charge in [-0.2, -0.15) is 15.6 Å². The van der Waals surface area contributed by atoms with Crippen LogP contribution in [0.2, 0.25) is 0 Å². The van der Waals surface area contributed by atoms with Gasteiger partial charge in [-0.1, -0.05) is 18.2 Å². The van der Waals surface area contributed by atoms with Crippen LogP contribution in [0.3, 0.4) is 0 Å². The molecule has 65 heavy (non-hydrogen) atoms. The smallest absolute Gasteiger partial charge is 0.267 e. The maximum atomic E-state index is 14.5. The maximum Gasteiger partial charge on any atom is 0.267 e. The number of hydrogen-bond donors (Lipinski definition) is 5. The van der Waals surface area contributed by atoms with E-state index in [9.17, 15) is 27.6 Å². The molecule has 2 saturated heterocycles. The summed E-state index contributed by atoms with van der Waals surface area (Å²) in [5, 5.41) is 33.3. The number of halogens is 3. The van der Waals surface area contributed by atoms with Gasteiger partial charge in [-0.15, -0.1) is 0 Å². The molecule has 2 atom stereocenters. The van der Waals surface area contributed by atoms with Crippen LogP contribution in [0.4, 0.5) is 24.5 Å². The van der Waals surface area contributed by atoms with E-state index < -0.39 is 35.2 Å². The van der Waals surface area contributed by atoms with Crippen LogP contribution in [0.5, 0.6) is 5.88 Å². The van der Waals surface area contributed by atoms with Crippen LogP contribution in [0.25, 0.3) is 5.69 Å². The van der Waals surface area contributed by atoms with Crippen molar-refractivity contribution in [3.63, 3.8) is 0 Å². The zero-order valence-corrected chi connectivity index (χ0v) is 34.6. The number of aromatic nitrogens is 4. The number of benzene rings is 3. The van der Waals surface area contributed by atoms with Crippen molar-refractivity contribution in [3.8, 4) is 23.7 Å². The van der Waals surface area contributed by atoms with Gasteiger partial charge in [-0.3, -0.25) is 19.4 Å². The van der Waals surface area contributed by atoms with Gasteiger partial charge in [-0.05, 0) is 60.7 Å². The number of morpholine rings is 2. The highest BCUT2D eigenvalue weighted by atomic mass is 19.1. The van der Waals surface area contributed by atoms with E-state index in [4.69, 9.17) is 30.5 Å². The van der Waals surface area contributed by atoms with E-state index in [-0.39, 0.29) is 51.8 Å². The van der Waals surface area contributed by atoms with Crippen molar-refractivity contribution in [1.82, 2.24) is 30.4 Å². The van der Waals surface area contributed by atoms with E-state index in [0.717, 1.165) is 19.2 Å². The predicted molar refractivity (Wildman–Crippen MR) is 228 cm³/mol. The lowest BCUT2D eigenvalue weighted by Gasteiger charge is -2.24. The minimum Gasteiger partial charge on any atom is -0.481 e. The largest absolute Gasteiger partial charge is 0.481 e. The Balaban J connectivity index is 0.000000182. The average molecular weight is 888 g/mol. The first-order valence-electron chi connectivity index (χ1n) is 19.7. The number of carbonyl (C=O) groups excluding carboxylic acids is 3. The Labute approximate surface area is 370 Å². The first kappa shape index (κ1) is 46.5. The summed E-state index contributed by atoms with van der Waals surface area (Å²) >= 11 is 0. The molecule has 2 aliphatic rings. The van der Waals surface area contributed by atoms with Gasteiger partial charge in [0.1, 0.15) is 40.6 Å². The molecular weight excluding hydrogens is 848 g/mol. The Kier molecular flexibility index (Phi) is 16.0. The highest BCUT2D eigenvalue weighted by molar-refractivity contribution is 6.05. The number of anilines is 2. The van der Waals surface area contributed by atoms with Crippen molar-refractivity contribution in [2.45, 2.75) is 12.2 Å². The number of carbonyl (C=O) groups is 3. The Morgan fingerprint density at radius 2 is 1.43 bits per heavy atom. The van der Waals surface area contributed by atoms with Gasteiger partial charge in [0.25, 0.3) is 17.7 Å². The number of pyridine rings is 2. The minimum atomic E-state index is -0.638. The standard InChI is InChI=1S/C21H17F2N5O2.C18H17FN4O3.C6H6N2O/c22-17-8-15(2-3-16(17)20-11-25-5-6-30-20)27-21(29)14-10-26-28(12-14)19-4-1-13(9-24)7-18(19)23;1-25-17-7-11(6-13(9-20)22-17)18(24)23-12-2-3-14(15(19)8-12)16-10-21-4-5-26-16;7-6(9)5-3-1-2-4-8-5/h1-4,7-8,10,12,20,25H,5-6,11H2,(H,27,29);2-3,6-8,16,21H,4-5,10H2,1H3,(H,23,24);1-4H,(H2,7,9)/t20-;16-;/m11./s1. The van der Waals surface area contributed by atoms with Crippen molar-refractivity contribution in [3.05, 3.63) is 160 Å². The van der Waals surface area contributed by atoms with Gasteiger partial charge >= 0.3 is 0 Å². The van der Waals surface area contributed by atoms with Crippen LogP contribution in [-0.4, -0.2) is 84.0 Å². The monoisotopic (exact) mass is 887 g/mol. The Morgan fingerprint density at radius 1 is 0.800 bits per heavy atom. The summed E-state index contributed by atoms with van der Waals surface area (Å²) in [5.41, 5.74) is 7.35. The molecule has 20 heteroatoms. The van der Waals surface area contributed by atoms with E-state index >= 15 is 0 Å². The number of nitrogens with zero attached hydrogens (tertiary/aromatic N) is 6. The van der Waals surface area contributed by atoms with E-state index in [0.29, 0.717) is 48.8 Å². The summed E-state index contributed by atoms with van der Waals surface area (Å²) in [6.45, 7) is 3.56. The molecule has 5 heterocycles. The van der Waals surface area contributed by atoms with Gasteiger partial charge in [0.2, 0.25) is 5.88 Å². The number of methoxy groups -OCH3 is 1. The molecule has 0 spiro atoms. The highest BCUT2D eigenvalue weighted by Gasteiger charge is 2.22. The number of nitrogens with two attached hydrogens (primary N) is 1. The highest BCUT2D eigenvalue weighted by Crippen LogP contribution is 2.26. The predicted octanol–water partition coefficient (Wildman–Crippen LogP) is 5.13. The third-order valence-electron chi connectivity index (χ3n) is 9.54. The number of rotatable bonds is 9. The third-order valence-corrected chi connectivity index (χ3v) is 9.54. The summed E-state index contributed by atoms with van der Waals surface area (Å²) in [7, 11) is 1.39. The lowest BCUT2D eigenvalue weighted by molar-refractivity contribution is 0.0254. The van der Waals surface area contributed by atoms with Crippen molar-refractivity contribution >= 4 is 29.1 Å². The lowest BCUT2D eigenvalue weighted by Crippen LogP contribution is -2.33. The molecule has 0 saturated carbocycles. The number of ether oxygens (including phenoxy) is 3. The second-order valence-electron chi connectivity index (χ2n) is 13.9. The summed E-state index contributed by atoms with van der Waals surface area (Å²) < 4.78 is 60.3. The molecule has 6 N–H and O–H groups in total. The van der Waals surface area contributed by atoms with Gasteiger partial charge in [0.15, 0.2) is 0 Å². The Bertz CT molecular complexity index is 2730. The molecule has 2 aliphatic heterocycles. The molecule has 3 aromatic heterocycles. The van der Waals surface area contributed by atoms with Gasteiger partial charge in [-0.25, -0.2) is 22.8 Å². The van der Waals surface area contributed by atoms with Gasteiger partial charge in [0, 0.05) is 72.7 Å². The zero-order valence-electron chi connectivity index (χ0n) is 34.6. The first-order valence-corrected chi connectivity index (χ1v) is 19.7. The van der Waals surface area contributed by atoms with E-state index in [1.165, 1.54) is 66.8 Å². The van der Waals surface area contributed by atoms with Gasteiger partial charge in [0.05, 0.1) is 55.9 Å². The summed E-state index contributed by atoms with van der Waals surface area (Å²) in [6.07, 6.45) is 3.44. The summed E-state index contributed by atoms with van der Waals surface area (Å²) in [6, 6.07) is 24.3. The molecule has 332 valence electrons. The molecule has 2 fully saturated rings. The van der Waals surface area contributed by atoms with Crippen molar-refractivity contribution in [2.75, 3.05) is 57.1 Å². The van der Waals surface area contributed by atoms with Crippen LogP contribution < -0.4 is 31.7 Å². The summed E-state index contributed by atoms with van der Waals surface area (Å²) in [4.78, 5) is 42.8. The lowest BCUT2D eigenvalue weighted by atomic mass is 10.1. The maximum absolute atomic E-state index is 14.5. The van der Waals surface area contributed by atoms with E-state index in [1.54, 1.807) is 42.5 Å². The van der Waals surface area contributed by atoms with Crippen LogP contribution in [-0.2, 0) is 9.47 Å². The molecule has 8 rings (SSSR count). The minimum absolute atomic E-state index is 0.0537. The molecule has 0 unspecified atom stereocenters. The van der Waals surface area contributed by atoms with E-state index in [1.807, 2.05) is 12.1 Å². The Hall–Kier alpha value is -8.01. The molecule has 0 aliphatic carbocycles. The summed E-state index contributed by atoms with van der Waals surface area (Å²) in [5.74, 6) is -2.92. The first-order chi connectivity index (χ1) is 31.5. The number of nitrogens with one attached hydrogen (secondary N) is 4. The fraction of sp³-hybridized carbons (Fsp3) is 0.200. The van der Waals surface area contributed by atoms with Crippen LogP contribution in [0.15, 0.2) is 104 Å². The van der Waals surface area contributed by atoms with Crippen LogP contribution in [0, 0.1) is 40.1 Å². The van der Waals surface area contributed by atoms with Crippen molar-refractivity contribution < 1.29 is 41.8 Å². The normalized spacial score (nSPS) is 15.3. The molecule has 6 aromatic rings. The average Bonchev–Trinajstić information content (AvgIpc) is 3.83. The molecule has 0 radical (unpaired) electrons. The van der Waals surface area contributed by atoms with Gasteiger partial charge < -0.3 is 41.2 Å². The van der Waals surface area contributed by atoms with Crippen molar-refractivity contribution in [1.29, 1.82) is 10.5 Å². The number of primary amides is 1. The van der Waals surface area contributed by atoms with Crippen LogP contribution in [0.1, 0.15) is 65.8 Å². The van der Waals surface area contributed by atoms with Crippen molar-refractivity contribution in [2.24, 2.45) is 5.73 Å². The second-order valence-corrected chi connectivity index (χ2v) is 13.9. The molecular formula is C45H40F3N11O6. The number of amides is 3. The SMILES string of the molecule is COc1cc(C(=O)Nc2ccc([C@H]3CNCCO3)c(F)c2)cc(C#N)n1.N#Cc1ccc(-n2cc(C(=O)Nc3ccc([C@H]4CNCCO4)c(F)c3)cn2)c(F)c1.NC(=O)c1ccccn1. The second kappa shape index (κ2) is 22.4. The quantitative estimate of drug-likeness (QED) is 0.127. The Morgan fingerprint density at radius 3 is 1.91 bits per heavy atom. The molecule has 3 amide bonds. The third kappa shape index (κ3) is 12.6. The fourth-order valence-electron chi connectivity index (χ4n) is 6.31. The van der Waals surface area contributed by atoms with Crippen LogP contribution >= 0.6 is 0 Å². The molecule has 0 bridgehead atoms. The zero-order chi connectivity index (χ0) is 46.3. The number of nitriles is 2. The number of hydrogen-bond acceptors (Lipinski definition) is 13. The topological polar surface area (TPSA) is 244 Å². The fourth-order valence-corrected chi connectivity index (χ4v) is 6.31. The molecule has 17 nitrogen and oxygen atoms in total. The molecule has 3 aromatic carbocycles.